The molecule has 1 aliphatic rings. The molecule has 244 valence electrons. The van der Waals surface area contributed by atoms with Crippen molar-refractivity contribution in [2.45, 2.75) is 78.1 Å². The Labute approximate surface area is 272 Å². The first kappa shape index (κ1) is 32.7. The maximum Gasteiger partial charge on any atom is 0.126 e. The Kier molecular flexibility index (Phi) is 10.4. The van der Waals surface area contributed by atoms with E-state index in [0.717, 1.165) is 60.8 Å². The van der Waals surface area contributed by atoms with Gasteiger partial charge in [-0.05, 0) is 61.4 Å². The Hall–Kier alpha value is -4.72. The zero-order valence-corrected chi connectivity index (χ0v) is 27.1. The van der Waals surface area contributed by atoms with Crippen molar-refractivity contribution in [2.24, 2.45) is 0 Å². The van der Waals surface area contributed by atoms with Crippen LogP contribution in [-0.2, 0) is 25.7 Å². The van der Waals surface area contributed by atoms with E-state index in [2.05, 4.69) is 13.8 Å². The third-order valence-electron chi connectivity index (χ3n) is 8.62. The molecule has 5 rings (SSSR count). The first-order valence-corrected chi connectivity index (χ1v) is 16.4. The average Bonchev–Trinajstić information content (AvgIpc) is 2.99. The van der Waals surface area contributed by atoms with Crippen molar-refractivity contribution in [3.05, 3.63) is 93.0 Å². The summed E-state index contributed by atoms with van der Waals surface area (Å²) in [6.07, 6.45) is 7.46. The average molecular weight is 625 g/mol. The predicted octanol–water partition coefficient (Wildman–Crippen LogP) is 7.24. The lowest BCUT2D eigenvalue weighted by atomic mass is 9.90. The van der Waals surface area contributed by atoms with E-state index in [1.54, 1.807) is 24.3 Å². The number of phenolic OH excluding ortho intramolecular Hbond substituents is 2. The van der Waals surface area contributed by atoms with Gasteiger partial charge in [0.1, 0.15) is 23.0 Å². The molecular formula is C38H48N4O4. The molecule has 0 heterocycles. The van der Waals surface area contributed by atoms with Gasteiger partial charge in [-0.2, -0.15) is 0 Å². The van der Waals surface area contributed by atoms with Gasteiger partial charge in [0.25, 0.3) is 0 Å². The standard InChI is InChI=1S/C38H48N4O4/c1-3-5-7-9-45-37-27-11-23-15-31(39)17-25(35(23)43)13-29-21-34(42)22-30(38(29)46-10-8-6-4-2)14-26-18-32(40)16-24(36(26)44)12-28(37)20-33(41)19-27/h15-22,43-44H,3-14,39-42H2,1-2H3. The maximum atomic E-state index is 11.7. The summed E-state index contributed by atoms with van der Waals surface area (Å²) in [5, 5.41) is 23.4. The Bertz CT molecular complexity index is 1480. The van der Waals surface area contributed by atoms with Crippen molar-refractivity contribution in [3.63, 3.8) is 0 Å². The van der Waals surface area contributed by atoms with Crippen LogP contribution in [0.4, 0.5) is 22.7 Å². The van der Waals surface area contributed by atoms with Crippen LogP contribution in [0.25, 0.3) is 0 Å². The van der Waals surface area contributed by atoms with Gasteiger partial charge in [0.15, 0.2) is 0 Å². The van der Waals surface area contributed by atoms with Crippen molar-refractivity contribution >= 4 is 22.7 Å². The van der Waals surface area contributed by atoms with Crippen LogP contribution in [0.5, 0.6) is 23.0 Å². The number of benzene rings is 4. The van der Waals surface area contributed by atoms with E-state index >= 15 is 0 Å². The molecule has 10 N–H and O–H groups in total. The second kappa shape index (κ2) is 14.6. The van der Waals surface area contributed by atoms with Gasteiger partial charge >= 0.3 is 0 Å². The number of nitrogen functional groups attached to an aromatic ring is 4. The third-order valence-corrected chi connectivity index (χ3v) is 8.62. The number of ether oxygens (including phenoxy) is 2. The Morgan fingerprint density at radius 3 is 0.978 bits per heavy atom. The molecule has 0 amide bonds. The first-order chi connectivity index (χ1) is 22.2. The lowest BCUT2D eigenvalue weighted by Crippen LogP contribution is -2.09. The van der Waals surface area contributed by atoms with Gasteiger partial charge in [-0.25, -0.2) is 0 Å². The van der Waals surface area contributed by atoms with Gasteiger partial charge in [-0.1, -0.05) is 39.5 Å². The summed E-state index contributed by atoms with van der Waals surface area (Å²) in [7, 11) is 0. The van der Waals surface area contributed by atoms with Crippen LogP contribution in [0, 0.1) is 0 Å². The van der Waals surface area contributed by atoms with Gasteiger partial charge < -0.3 is 42.6 Å². The predicted molar refractivity (Wildman–Crippen MR) is 188 cm³/mol. The fourth-order valence-electron chi connectivity index (χ4n) is 6.45. The summed E-state index contributed by atoms with van der Waals surface area (Å²) < 4.78 is 12.9. The molecule has 0 unspecified atom stereocenters. The second-order valence-corrected chi connectivity index (χ2v) is 12.5. The molecule has 0 saturated heterocycles. The number of phenols is 2. The summed E-state index contributed by atoms with van der Waals surface area (Å²) in [6.45, 7) is 5.39. The van der Waals surface area contributed by atoms with Gasteiger partial charge in [-0.15, -0.1) is 0 Å². The molecule has 46 heavy (non-hydrogen) atoms. The normalized spacial score (nSPS) is 12.6. The van der Waals surface area contributed by atoms with E-state index < -0.39 is 0 Å². The Balaban J connectivity index is 1.72. The third kappa shape index (κ3) is 7.56. The zero-order chi connectivity index (χ0) is 32.8. The minimum Gasteiger partial charge on any atom is -0.507 e. The summed E-state index contributed by atoms with van der Waals surface area (Å²) in [6, 6.07) is 14.8. The Morgan fingerprint density at radius 2 is 0.717 bits per heavy atom. The highest BCUT2D eigenvalue weighted by molar-refractivity contribution is 5.64. The monoisotopic (exact) mass is 624 g/mol. The number of anilines is 4. The van der Waals surface area contributed by atoms with Gasteiger partial charge in [-0.3, -0.25) is 0 Å². The maximum absolute atomic E-state index is 11.7. The number of hydrogen-bond donors (Lipinski definition) is 6. The van der Waals surface area contributed by atoms with Crippen LogP contribution < -0.4 is 32.4 Å². The van der Waals surface area contributed by atoms with Crippen LogP contribution in [0.15, 0.2) is 48.5 Å². The molecule has 8 nitrogen and oxygen atoms in total. The summed E-state index contributed by atoms with van der Waals surface area (Å²) in [4.78, 5) is 0. The Morgan fingerprint density at radius 1 is 0.457 bits per heavy atom. The smallest absolute Gasteiger partial charge is 0.126 e. The van der Waals surface area contributed by atoms with E-state index in [0.29, 0.717) is 95.4 Å². The molecule has 0 radical (unpaired) electrons. The fourth-order valence-corrected chi connectivity index (χ4v) is 6.45. The van der Waals surface area contributed by atoms with Crippen molar-refractivity contribution in [1.82, 2.24) is 0 Å². The van der Waals surface area contributed by atoms with Crippen LogP contribution in [0.3, 0.4) is 0 Å². The molecule has 1 aliphatic carbocycles. The van der Waals surface area contributed by atoms with E-state index in [-0.39, 0.29) is 11.5 Å². The number of hydrogen-bond acceptors (Lipinski definition) is 8. The van der Waals surface area contributed by atoms with Crippen molar-refractivity contribution in [3.8, 4) is 23.0 Å². The molecule has 0 spiro atoms. The second-order valence-electron chi connectivity index (χ2n) is 12.5. The number of unbranched alkanes of at least 4 members (excludes halogenated alkanes) is 4. The highest BCUT2D eigenvalue weighted by Gasteiger charge is 2.22. The van der Waals surface area contributed by atoms with Crippen molar-refractivity contribution in [2.75, 3.05) is 36.1 Å². The summed E-state index contributed by atoms with van der Waals surface area (Å²) >= 11 is 0. The molecule has 8 heteroatoms. The van der Waals surface area contributed by atoms with Crippen molar-refractivity contribution < 1.29 is 19.7 Å². The molecule has 0 atom stereocenters. The minimum atomic E-state index is 0.166. The number of nitrogens with two attached hydrogens (primary N) is 4. The van der Waals surface area contributed by atoms with Crippen LogP contribution in [0.2, 0.25) is 0 Å². The number of fused-ring (bicyclic) bond motifs is 8. The van der Waals surface area contributed by atoms with Crippen LogP contribution in [-0.4, -0.2) is 23.4 Å². The van der Waals surface area contributed by atoms with Crippen LogP contribution in [0.1, 0.15) is 96.9 Å². The molecule has 8 bridgehead atoms. The summed E-state index contributed by atoms with van der Waals surface area (Å²) in [5.74, 6) is 1.73. The largest absolute Gasteiger partial charge is 0.507 e. The van der Waals surface area contributed by atoms with Crippen LogP contribution >= 0.6 is 0 Å². The zero-order valence-electron chi connectivity index (χ0n) is 27.1. The first-order valence-electron chi connectivity index (χ1n) is 16.4. The topological polar surface area (TPSA) is 163 Å². The molecule has 4 aromatic rings. The van der Waals surface area contributed by atoms with E-state index in [1.165, 1.54) is 0 Å². The van der Waals surface area contributed by atoms with Gasteiger partial charge in [0.2, 0.25) is 0 Å². The van der Waals surface area contributed by atoms with E-state index in [4.69, 9.17) is 32.4 Å². The fraction of sp³-hybridized carbons (Fsp3) is 0.368. The SMILES string of the molecule is CCCCCOc1c2cc(N)cc1Cc1cc(N)cc(c1O)Cc1cc(N)cc(c1OCCCCC)Cc1cc(N)cc(c1O)C2. The highest BCUT2D eigenvalue weighted by atomic mass is 16.5. The van der Waals surface area contributed by atoms with Gasteiger partial charge in [0.05, 0.1) is 13.2 Å². The lowest BCUT2D eigenvalue weighted by Gasteiger charge is -2.22. The molecule has 0 fully saturated rings. The summed E-state index contributed by atoms with van der Waals surface area (Å²) in [5.41, 5.74) is 34.0. The number of aromatic hydroxyl groups is 2. The molecule has 4 aromatic carbocycles. The minimum absolute atomic E-state index is 0.166. The molecule has 0 aliphatic heterocycles. The quantitative estimate of drug-likeness (QED) is 0.0538. The molecule has 0 aromatic heterocycles. The van der Waals surface area contributed by atoms with E-state index in [1.807, 2.05) is 24.3 Å². The molecule has 0 saturated carbocycles. The lowest BCUT2D eigenvalue weighted by molar-refractivity contribution is 0.301. The molecular weight excluding hydrogens is 576 g/mol. The highest BCUT2D eigenvalue weighted by Crippen LogP contribution is 2.41. The van der Waals surface area contributed by atoms with Gasteiger partial charge in [0, 0.05) is 92.9 Å². The van der Waals surface area contributed by atoms with Crippen molar-refractivity contribution in [1.29, 1.82) is 0 Å². The number of rotatable bonds is 10. The van der Waals surface area contributed by atoms with E-state index in [9.17, 15) is 10.2 Å².